The van der Waals surface area contributed by atoms with Crippen molar-refractivity contribution in [2.75, 3.05) is 19.8 Å². The summed E-state index contributed by atoms with van der Waals surface area (Å²) < 4.78 is 7.66. The minimum Gasteiger partial charge on any atom is -0.377 e. The van der Waals surface area contributed by atoms with Gasteiger partial charge in [0.25, 0.3) is 0 Å². The number of carbonyl (C=O) groups is 1. The lowest BCUT2D eigenvalue weighted by atomic mass is 10.0. The van der Waals surface area contributed by atoms with Gasteiger partial charge >= 0.3 is 0 Å². The summed E-state index contributed by atoms with van der Waals surface area (Å²) in [6.45, 7) is 2.44. The van der Waals surface area contributed by atoms with Crippen LogP contribution in [0, 0.1) is 0 Å². The van der Waals surface area contributed by atoms with Gasteiger partial charge in [0, 0.05) is 19.5 Å². The van der Waals surface area contributed by atoms with Crippen LogP contribution in [0.3, 0.4) is 0 Å². The molecule has 5 nitrogen and oxygen atoms in total. The van der Waals surface area contributed by atoms with E-state index in [-0.39, 0.29) is 11.9 Å². The van der Waals surface area contributed by atoms with Gasteiger partial charge in [0.1, 0.15) is 0 Å². The fraction of sp³-hybridized carbons (Fsp3) is 0.300. The Labute approximate surface area is 146 Å². The lowest BCUT2D eigenvalue weighted by Crippen LogP contribution is -2.43. The Kier molecular flexibility index (Phi) is 4.48. The van der Waals surface area contributed by atoms with Crippen LogP contribution in [0.5, 0.6) is 0 Å². The lowest BCUT2D eigenvalue weighted by molar-refractivity contribution is -0.140. The molecular formula is C20H21N3O2. The number of hydrogen-bond donors (Lipinski definition) is 0. The SMILES string of the molecule is O=C(CCn1cnc2ccccc21)N1CCOC[C@H]1c1ccccc1. The smallest absolute Gasteiger partial charge is 0.225 e. The zero-order valence-corrected chi connectivity index (χ0v) is 14.0. The molecule has 3 aromatic rings. The van der Waals surface area contributed by atoms with E-state index in [2.05, 4.69) is 17.1 Å². The number of hydrogen-bond acceptors (Lipinski definition) is 3. The van der Waals surface area contributed by atoms with E-state index in [1.54, 1.807) is 0 Å². The summed E-state index contributed by atoms with van der Waals surface area (Å²) >= 11 is 0. The Morgan fingerprint density at radius 2 is 1.92 bits per heavy atom. The Morgan fingerprint density at radius 1 is 1.12 bits per heavy atom. The van der Waals surface area contributed by atoms with Gasteiger partial charge in [-0.2, -0.15) is 0 Å². The second-order valence-corrected chi connectivity index (χ2v) is 6.27. The van der Waals surface area contributed by atoms with Gasteiger partial charge in [0.15, 0.2) is 0 Å². The number of morpholine rings is 1. The van der Waals surface area contributed by atoms with Crippen LogP contribution in [0.2, 0.25) is 0 Å². The number of benzene rings is 2. The molecule has 1 aromatic heterocycles. The quantitative estimate of drug-likeness (QED) is 0.736. The lowest BCUT2D eigenvalue weighted by Gasteiger charge is -2.36. The molecule has 5 heteroatoms. The van der Waals surface area contributed by atoms with Crippen molar-refractivity contribution in [3.05, 3.63) is 66.5 Å². The maximum absolute atomic E-state index is 12.8. The number of imidazole rings is 1. The first-order chi connectivity index (χ1) is 12.3. The molecule has 0 spiro atoms. The molecular weight excluding hydrogens is 314 g/mol. The molecule has 2 heterocycles. The highest BCUT2D eigenvalue weighted by atomic mass is 16.5. The second-order valence-electron chi connectivity index (χ2n) is 6.27. The first kappa shape index (κ1) is 15.8. The number of nitrogens with zero attached hydrogens (tertiary/aromatic N) is 3. The molecule has 1 fully saturated rings. The first-order valence-electron chi connectivity index (χ1n) is 8.65. The highest BCUT2D eigenvalue weighted by Gasteiger charge is 2.28. The molecule has 1 saturated heterocycles. The van der Waals surface area contributed by atoms with Crippen molar-refractivity contribution >= 4 is 16.9 Å². The van der Waals surface area contributed by atoms with Gasteiger partial charge in [-0.1, -0.05) is 42.5 Å². The molecule has 0 saturated carbocycles. The van der Waals surface area contributed by atoms with Crippen molar-refractivity contribution in [2.45, 2.75) is 19.0 Å². The second kappa shape index (κ2) is 7.07. The Bertz CT molecular complexity index is 860. The van der Waals surface area contributed by atoms with Crippen molar-refractivity contribution in [1.82, 2.24) is 14.5 Å². The number of aryl methyl sites for hydroxylation is 1. The average molecular weight is 335 g/mol. The molecule has 0 unspecified atom stereocenters. The molecule has 2 aromatic carbocycles. The Morgan fingerprint density at radius 3 is 2.80 bits per heavy atom. The summed E-state index contributed by atoms with van der Waals surface area (Å²) in [5.74, 6) is 0.162. The minimum absolute atomic E-state index is 0.00183. The van der Waals surface area contributed by atoms with Gasteiger partial charge < -0.3 is 14.2 Å². The third-order valence-electron chi connectivity index (χ3n) is 4.73. The summed E-state index contributed by atoms with van der Waals surface area (Å²) in [5.41, 5.74) is 3.16. The Hall–Kier alpha value is -2.66. The number of para-hydroxylation sites is 2. The molecule has 1 atom stereocenters. The van der Waals surface area contributed by atoms with Crippen LogP contribution in [0.4, 0.5) is 0 Å². The Balaban J connectivity index is 1.47. The van der Waals surface area contributed by atoms with E-state index in [1.165, 1.54) is 0 Å². The summed E-state index contributed by atoms with van der Waals surface area (Å²) in [4.78, 5) is 19.2. The maximum Gasteiger partial charge on any atom is 0.225 e. The highest BCUT2D eigenvalue weighted by molar-refractivity contribution is 5.78. The van der Waals surface area contributed by atoms with E-state index in [9.17, 15) is 4.79 Å². The molecule has 1 aliphatic rings. The van der Waals surface area contributed by atoms with E-state index in [1.807, 2.05) is 58.3 Å². The van der Waals surface area contributed by atoms with Gasteiger partial charge in [-0.05, 0) is 17.7 Å². The monoisotopic (exact) mass is 335 g/mol. The standard InChI is InChI=1S/C20H21N3O2/c24-20(10-11-22-15-21-17-8-4-5-9-18(17)22)23-12-13-25-14-19(23)16-6-2-1-3-7-16/h1-9,15,19H,10-14H2/t19-/m0/s1. The van der Waals surface area contributed by atoms with Crippen LogP contribution < -0.4 is 0 Å². The molecule has 25 heavy (non-hydrogen) atoms. The third-order valence-corrected chi connectivity index (χ3v) is 4.73. The van der Waals surface area contributed by atoms with E-state index < -0.39 is 0 Å². The van der Waals surface area contributed by atoms with Gasteiger partial charge in [-0.15, -0.1) is 0 Å². The van der Waals surface area contributed by atoms with Crippen LogP contribution in [0.1, 0.15) is 18.0 Å². The van der Waals surface area contributed by atoms with Gasteiger partial charge in [-0.25, -0.2) is 4.98 Å². The number of aromatic nitrogens is 2. The number of rotatable bonds is 4. The minimum atomic E-state index is 0.00183. The molecule has 1 aliphatic heterocycles. The molecule has 1 amide bonds. The molecule has 0 N–H and O–H groups in total. The van der Waals surface area contributed by atoms with Crippen molar-refractivity contribution < 1.29 is 9.53 Å². The number of ether oxygens (including phenoxy) is 1. The van der Waals surface area contributed by atoms with Gasteiger partial charge in [-0.3, -0.25) is 4.79 Å². The molecule has 4 rings (SSSR count). The zero-order chi connectivity index (χ0) is 17.1. The topological polar surface area (TPSA) is 47.4 Å². The van der Waals surface area contributed by atoms with Crippen molar-refractivity contribution in [1.29, 1.82) is 0 Å². The molecule has 0 radical (unpaired) electrons. The van der Waals surface area contributed by atoms with Crippen LogP contribution in [-0.2, 0) is 16.1 Å². The average Bonchev–Trinajstić information content (AvgIpc) is 3.10. The van der Waals surface area contributed by atoms with Crippen molar-refractivity contribution in [3.8, 4) is 0 Å². The van der Waals surface area contributed by atoms with Crippen LogP contribution in [0.25, 0.3) is 11.0 Å². The molecule has 128 valence electrons. The summed E-state index contributed by atoms with van der Waals surface area (Å²) in [6.07, 6.45) is 2.27. The number of amides is 1. The predicted octanol–water partition coefficient (Wildman–Crippen LogP) is 3.03. The maximum atomic E-state index is 12.8. The van der Waals surface area contributed by atoms with Crippen LogP contribution >= 0.6 is 0 Å². The van der Waals surface area contributed by atoms with Crippen molar-refractivity contribution in [2.24, 2.45) is 0 Å². The summed E-state index contributed by atoms with van der Waals surface area (Å²) in [6, 6.07) is 18.1. The number of carbonyl (C=O) groups excluding carboxylic acids is 1. The summed E-state index contributed by atoms with van der Waals surface area (Å²) in [5, 5.41) is 0. The molecule has 0 aliphatic carbocycles. The largest absolute Gasteiger partial charge is 0.377 e. The van der Waals surface area contributed by atoms with E-state index in [4.69, 9.17) is 4.74 Å². The highest BCUT2D eigenvalue weighted by Crippen LogP contribution is 2.25. The van der Waals surface area contributed by atoms with Gasteiger partial charge in [0.05, 0.1) is 36.6 Å². The normalized spacial score (nSPS) is 17.8. The third kappa shape index (κ3) is 3.28. The fourth-order valence-corrected chi connectivity index (χ4v) is 3.40. The predicted molar refractivity (Wildman–Crippen MR) is 96.1 cm³/mol. The van der Waals surface area contributed by atoms with Gasteiger partial charge in [0.2, 0.25) is 5.91 Å². The van der Waals surface area contributed by atoms with Crippen LogP contribution in [-0.4, -0.2) is 40.1 Å². The zero-order valence-electron chi connectivity index (χ0n) is 14.0. The van der Waals surface area contributed by atoms with E-state index >= 15 is 0 Å². The summed E-state index contributed by atoms with van der Waals surface area (Å²) in [7, 11) is 0. The van der Waals surface area contributed by atoms with Crippen LogP contribution in [0.15, 0.2) is 60.9 Å². The first-order valence-corrected chi connectivity index (χ1v) is 8.65. The molecule has 0 bridgehead atoms. The van der Waals surface area contributed by atoms with E-state index in [0.717, 1.165) is 16.6 Å². The van der Waals surface area contributed by atoms with E-state index in [0.29, 0.717) is 32.7 Å². The fourth-order valence-electron chi connectivity index (χ4n) is 3.40. The number of fused-ring (bicyclic) bond motifs is 1. The van der Waals surface area contributed by atoms with Crippen molar-refractivity contribution in [3.63, 3.8) is 0 Å².